The van der Waals surface area contributed by atoms with Crippen LogP contribution < -0.4 is 4.74 Å². The fourth-order valence-electron chi connectivity index (χ4n) is 2.16. The quantitative estimate of drug-likeness (QED) is 0.766. The Balaban J connectivity index is 2.45. The number of nitrogens with zero attached hydrogens (tertiary/aromatic N) is 1. The van der Waals surface area contributed by atoms with E-state index in [1.165, 1.54) is 18.2 Å². The minimum Gasteiger partial charge on any atom is -0.504 e. The minimum absolute atomic E-state index is 0.107. The first-order valence-corrected chi connectivity index (χ1v) is 9.08. The third kappa shape index (κ3) is 4.60. The third-order valence-corrected chi connectivity index (χ3v) is 5.15. The zero-order chi connectivity index (χ0) is 20.2. The molecule has 0 fully saturated rings. The lowest BCUT2D eigenvalue weighted by atomic mass is 10.2. The highest BCUT2D eigenvalue weighted by molar-refractivity contribution is 7.95. The fourth-order valence-corrected chi connectivity index (χ4v) is 3.32. The van der Waals surface area contributed by atoms with Crippen molar-refractivity contribution in [2.45, 2.75) is 18.0 Å². The first-order valence-electron chi connectivity index (χ1n) is 7.59. The van der Waals surface area contributed by atoms with Crippen molar-refractivity contribution in [2.75, 3.05) is 6.61 Å². The summed E-state index contributed by atoms with van der Waals surface area (Å²) in [7, 11) is -4.32. The predicted molar refractivity (Wildman–Crippen MR) is 91.5 cm³/mol. The number of aromatic hydroxyl groups is 1. The van der Waals surface area contributed by atoms with E-state index in [4.69, 9.17) is 4.74 Å². The number of sulfone groups is 1. The Morgan fingerprint density at radius 1 is 1.22 bits per heavy atom. The van der Waals surface area contributed by atoms with Gasteiger partial charge in [-0.15, -0.1) is 0 Å². The van der Waals surface area contributed by atoms with Gasteiger partial charge in [0, 0.05) is 0 Å². The lowest BCUT2D eigenvalue weighted by Gasteiger charge is -2.09. The third-order valence-electron chi connectivity index (χ3n) is 3.47. The summed E-state index contributed by atoms with van der Waals surface area (Å²) in [4.78, 5) is -1.09. The second-order valence-electron chi connectivity index (χ2n) is 5.31. The summed E-state index contributed by atoms with van der Waals surface area (Å²) in [6.07, 6.45) is -3.55. The molecule has 0 spiro atoms. The van der Waals surface area contributed by atoms with E-state index in [0.29, 0.717) is 12.1 Å². The van der Waals surface area contributed by atoms with Crippen molar-refractivity contribution in [3.05, 3.63) is 58.5 Å². The molecular formula is C18H14F3NO4S. The van der Waals surface area contributed by atoms with E-state index < -0.39 is 31.4 Å². The van der Waals surface area contributed by atoms with Crippen LogP contribution in [0.2, 0.25) is 0 Å². The van der Waals surface area contributed by atoms with Gasteiger partial charge in [0.1, 0.15) is 11.0 Å². The SMILES string of the molecule is CCOc1cc(C=C(C#N)S(=O)(=O)c2ccc(C(F)(F)F)cc2)ccc1O. The average molecular weight is 397 g/mol. The van der Waals surface area contributed by atoms with Crippen LogP contribution in [0.25, 0.3) is 6.08 Å². The maximum absolute atomic E-state index is 12.6. The molecule has 2 aromatic rings. The van der Waals surface area contributed by atoms with Crippen molar-refractivity contribution in [3.8, 4) is 17.6 Å². The lowest BCUT2D eigenvalue weighted by molar-refractivity contribution is -0.137. The second-order valence-corrected chi connectivity index (χ2v) is 7.22. The number of hydrogen-bond donors (Lipinski definition) is 1. The first kappa shape index (κ1) is 20.3. The Hall–Kier alpha value is -2.99. The van der Waals surface area contributed by atoms with Gasteiger partial charge in [-0.1, -0.05) is 6.07 Å². The van der Waals surface area contributed by atoms with Crippen LogP contribution >= 0.6 is 0 Å². The molecule has 0 amide bonds. The van der Waals surface area contributed by atoms with Crippen LogP contribution in [0.5, 0.6) is 11.5 Å². The maximum Gasteiger partial charge on any atom is 0.416 e. The van der Waals surface area contributed by atoms with E-state index in [-0.39, 0.29) is 23.7 Å². The monoisotopic (exact) mass is 397 g/mol. The van der Waals surface area contributed by atoms with E-state index in [1.54, 1.807) is 13.0 Å². The largest absolute Gasteiger partial charge is 0.504 e. The molecule has 0 bridgehead atoms. The van der Waals surface area contributed by atoms with Gasteiger partial charge in [0.2, 0.25) is 9.84 Å². The molecule has 1 N–H and O–H groups in total. The number of phenols is 1. The zero-order valence-corrected chi connectivity index (χ0v) is 14.8. The second kappa shape index (κ2) is 7.72. The maximum atomic E-state index is 12.6. The fraction of sp³-hybridized carbons (Fsp3) is 0.167. The molecule has 0 aromatic heterocycles. The molecule has 0 saturated carbocycles. The number of nitriles is 1. The van der Waals surface area contributed by atoms with Crippen molar-refractivity contribution in [1.82, 2.24) is 0 Å². The Kier molecular flexibility index (Phi) is 5.81. The summed E-state index contributed by atoms with van der Waals surface area (Å²) in [6, 6.07) is 8.40. The van der Waals surface area contributed by atoms with E-state index >= 15 is 0 Å². The number of benzene rings is 2. The van der Waals surface area contributed by atoms with Crippen molar-refractivity contribution < 1.29 is 31.4 Å². The topological polar surface area (TPSA) is 87.4 Å². The lowest BCUT2D eigenvalue weighted by Crippen LogP contribution is -2.07. The van der Waals surface area contributed by atoms with Crippen LogP contribution in [0.1, 0.15) is 18.1 Å². The van der Waals surface area contributed by atoms with Crippen molar-refractivity contribution in [3.63, 3.8) is 0 Å². The molecule has 5 nitrogen and oxygen atoms in total. The van der Waals surface area contributed by atoms with Gasteiger partial charge in [0.15, 0.2) is 11.5 Å². The average Bonchev–Trinajstić information content (AvgIpc) is 2.61. The van der Waals surface area contributed by atoms with Gasteiger partial charge >= 0.3 is 6.18 Å². The van der Waals surface area contributed by atoms with Gasteiger partial charge in [-0.3, -0.25) is 0 Å². The summed E-state index contributed by atoms with van der Waals surface area (Å²) in [6.45, 7) is 1.95. The zero-order valence-electron chi connectivity index (χ0n) is 14.0. The predicted octanol–water partition coefficient (Wildman–Crippen LogP) is 4.15. The summed E-state index contributed by atoms with van der Waals surface area (Å²) >= 11 is 0. The number of alkyl halides is 3. The molecule has 0 saturated heterocycles. The number of rotatable bonds is 5. The van der Waals surface area contributed by atoms with Crippen molar-refractivity contribution in [1.29, 1.82) is 5.26 Å². The van der Waals surface area contributed by atoms with E-state index in [9.17, 15) is 32.0 Å². The molecule has 9 heteroatoms. The van der Waals surface area contributed by atoms with Crippen LogP contribution in [0.15, 0.2) is 52.3 Å². The van der Waals surface area contributed by atoms with Gasteiger partial charge in [-0.2, -0.15) is 18.4 Å². The molecule has 27 heavy (non-hydrogen) atoms. The van der Waals surface area contributed by atoms with Crippen LogP contribution in [-0.2, 0) is 16.0 Å². The summed E-state index contributed by atoms with van der Waals surface area (Å²) in [5.74, 6) is -0.0476. The van der Waals surface area contributed by atoms with E-state index in [2.05, 4.69) is 0 Å². The van der Waals surface area contributed by atoms with Crippen LogP contribution in [0.3, 0.4) is 0 Å². The summed E-state index contributed by atoms with van der Waals surface area (Å²) < 4.78 is 68.1. The summed E-state index contributed by atoms with van der Waals surface area (Å²) in [5, 5.41) is 18.9. The number of hydrogen-bond acceptors (Lipinski definition) is 5. The smallest absolute Gasteiger partial charge is 0.416 e. The van der Waals surface area contributed by atoms with E-state index in [0.717, 1.165) is 18.2 Å². The Morgan fingerprint density at radius 2 is 1.85 bits per heavy atom. The molecule has 0 unspecified atom stereocenters. The molecule has 0 atom stereocenters. The van der Waals surface area contributed by atoms with Crippen LogP contribution in [0, 0.1) is 11.3 Å². The highest BCUT2D eigenvalue weighted by Crippen LogP contribution is 2.32. The normalized spacial score (nSPS) is 12.5. The Bertz CT molecular complexity index is 1000. The molecule has 0 aliphatic heterocycles. The van der Waals surface area contributed by atoms with Gasteiger partial charge in [0.05, 0.1) is 17.1 Å². The molecule has 0 radical (unpaired) electrons. The first-order chi connectivity index (χ1) is 12.6. The van der Waals surface area contributed by atoms with Crippen molar-refractivity contribution >= 4 is 15.9 Å². The molecular weight excluding hydrogens is 383 g/mol. The highest BCUT2D eigenvalue weighted by atomic mass is 32.2. The summed E-state index contributed by atoms with van der Waals surface area (Å²) in [5.41, 5.74) is -0.730. The van der Waals surface area contributed by atoms with Crippen LogP contribution in [-0.4, -0.2) is 20.1 Å². The number of allylic oxidation sites excluding steroid dienone is 1. The highest BCUT2D eigenvalue weighted by Gasteiger charge is 2.31. The Morgan fingerprint density at radius 3 is 2.37 bits per heavy atom. The molecule has 2 rings (SSSR count). The van der Waals surface area contributed by atoms with Gasteiger partial charge < -0.3 is 9.84 Å². The molecule has 0 heterocycles. The number of halogens is 3. The molecule has 0 aliphatic carbocycles. The number of ether oxygens (including phenoxy) is 1. The molecule has 142 valence electrons. The van der Waals surface area contributed by atoms with Crippen LogP contribution in [0.4, 0.5) is 13.2 Å². The van der Waals surface area contributed by atoms with Gasteiger partial charge in [-0.25, -0.2) is 8.42 Å². The van der Waals surface area contributed by atoms with E-state index in [1.807, 2.05) is 0 Å². The van der Waals surface area contributed by atoms with Gasteiger partial charge in [0.25, 0.3) is 0 Å². The molecule has 0 aliphatic rings. The standard InChI is InChI=1S/C18H14F3NO4S/c1-2-26-17-10-12(3-8-16(17)23)9-15(11-22)27(24,25)14-6-4-13(5-7-14)18(19,20)21/h3-10,23H,2H2,1H3. The molecule has 2 aromatic carbocycles. The minimum atomic E-state index is -4.60. The Labute approximate surface area is 153 Å². The van der Waals surface area contributed by atoms with Crippen molar-refractivity contribution in [2.24, 2.45) is 0 Å². The van der Waals surface area contributed by atoms with Gasteiger partial charge in [-0.05, 0) is 55.0 Å². The number of phenolic OH excluding ortho intramolecular Hbond substituents is 1.